The molecule has 0 aliphatic carbocycles. The van der Waals surface area contributed by atoms with Crippen molar-refractivity contribution in [2.75, 3.05) is 0 Å². The molecule has 0 bridgehead atoms. The molecule has 110 valence electrons. The van der Waals surface area contributed by atoms with Gasteiger partial charge in [-0.05, 0) is 25.7 Å². The summed E-state index contributed by atoms with van der Waals surface area (Å²) < 4.78 is 0. The summed E-state index contributed by atoms with van der Waals surface area (Å²) in [7, 11) is 1.88. The van der Waals surface area contributed by atoms with Crippen molar-refractivity contribution in [3.05, 3.63) is 23.3 Å². The fourth-order valence-corrected chi connectivity index (χ4v) is 2.28. The van der Waals surface area contributed by atoms with Crippen molar-refractivity contribution in [3.8, 4) is 0 Å². The van der Waals surface area contributed by atoms with Crippen LogP contribution in [0.1, 0.15) is 63.0 Å². The molecule has 6 nitrogen and oxygen atoms in total. The van der Waals surface area contributed by atoms with Gasteiger partial charge in [0.2, 0.25) is 0 Å². The predicted molar refractivity (Wildman–Crippen MR) is 77.5 cm³/mol. The Morgan fingerprint density at radius 2 is 1.90 bits per heavy atom. The van der Waals surface area contributed by atoms with Crippen LogP contribution in [0.3, 0.4) is 0 Å². The highest BCUT2D eigenvalue weighted by Gasteiger charge is 2.16. The van der Waals surface area contributed by atoms with E-state index in [1.54, 1.807) is 9.59 Å². The minimum Gasteiger partial charge on any atom is -0.188 e. The van der Waals surface area contributed by atoms with Crippen molar-refractivity contribution in [2.24, 2.45) is 7.05 Å². The Labute approximate surface area is 120 Å². The molecule has 20 heavy (non-hydrogen) atoms. The van der Waals surface area contributed by atoms with Crippen LogP contribution in [0.5, 0.6) is 0 Å². The van der Waals surface area contributed by atoms with E-state index in [1.165, 1.54) is 0 Å². The zero-order valence-corrected chi connectivity index (χ0v) is 13.0. The third kappa shape index (κ3) is 3.23. The fraction of sp³-hybridized carbons (Fsp3) is 0.714. The number of aromatic nitrogens is 6. The molecule has 0 fully saturated rings. The highest BCUT2D eigenvalue weighted by Crippen LogP contribution is 2.22. The number of aryl methyl sites for hydroxylation is 3. The molecule has 1 atom stereocenters. The second kappa shape index (κ2) is 6.15. The van der Waals surface area contributed by atoms with E-state index in [-0.39, 0.29) is 0 Å². The summed E-state index contributed by atoms with van der Waals surface area (Å²) in [5.41, 5.74) is 3.27. The van der Waals surface area contributed by atoms with Crippen LogP contribution < -0.4 is 0 Å². The van der Waals surface area contributed by atoms with E-state index in [9.17, 15) is 0 Å². The molecule has 0 radical (unpaired) electrons. The van der Waals surface area contributed by atoms with Crippen LogP contribution in [0.25, 0.3) is 0 Å². The van der Waals surface area contributed by atoms with Crippen molar-refractivity contribution in [3.63, 3.8) is 0 Å². The number of hydrogen-bond donors (Lipinski definition) is 0. The Balaban J connectivity index is 2.01. The average Bonchev–Trinajstić information content (AvgIpc) is 3.02. The maximum Gasteiger partial charge on any atom is 0.0884 e. The highest BCUT2D eigenvalue weighted by atomic mass is 15.5. The predicted octanol–water partition coefficient (Wildman–Crippen LogP) is 2.29. The zero-order valence-electron chi connectivity index (χ0n) is 13.0. The molecule has 0 saturated heterocycles. The van der Waals surface area contributed by atoms with E-state index in [0.717, 1.165) is 36.5 Å². The maximum absolute atomic E-state index is 4.48. The third-order valence-electron chi connectivity index (χ3n) is 3.52. The van der Waals surface area contributed by atoms with Gasteiger partial charge in [-0.1, -0.05) is 20.8 Å². The van der Waals surface area contributed by atoms with Crippen molar-refractivity contribution in [2.45, 2.75) is 58.9 Å². The van der Waals surface area contributed by atoms with Crippen LogP contribution in [0, 0.1) is 0 Å². The van der Waals surface area contributed by atoms with E-state index in [4.69, 9.17) is 0 Å². The lowest BCUT2D eigenvalue weighted by Gasteiger charge is -2.08. The van der Waals surface area contributed by atoms with Gasteiger partial charge < -0.3 is 0 Å². The van der Waals surface area contributed by atoms with Gasteiger partial charge in [0.15, 0.2) is 0 Å². The van der Waals surface area contributed by atoms with E-state index in [1.807, 2.05) is 20.2 Å². The van der Waals surface area contributed by atoms with Gasteiger partial charge in [-0.15, -0.1) is 0 Å². The molecular weight excluding hydrogens is 252 g/mol. The van der Waals surface area contributed by atoms with Gasteiger partial charge in [0.25, 0.3) is 0 Å². The van der Waals surface area contributed by atoms with E-state index >= 15 is 0 Å². The Kier molecular flexibility index (Phi) is 4.52. The van der Waals surface area contributed by atoms with Crippen molar-refractivity contribution in [1.82, 2.24) is 30.0 Å². The summed E-state index contributed by atoms with van der Waals surface area (Å²) in [5, 5.41) is 17.6. The van der Waals surface area contributed by atoms with Crippen molar-refractivity contribution in [1.29, 1.82) is 0 Å². The minimum atomic E-state index is 0.386. The van der Waals surface area contributed by atoms with Gasteiger partial charge in [-0.2, -0.15) is 30.0 Å². The molecular formula is C14H24N6. The summed E-state index contributed by atoms with van der Waals surface area (Å²) in [6.07, 6.45) is 3.82. The van der Waals surface area contributed by atoms with Gasteiger partial charge in [0.05, 0.1) is 29.8 Å². The van der Waals surface area contributed by atoms with Gasteiger partial charge >= 0.3 is 0 Å². The smallest absolute Gasteiger partial charge is 0.0884 e. The lowest BCUT2D eigenvalue weighted by Crippen LogP contribution is -2.03. The second-order valence-electron chi connectivity index (χ2n) is 5.57. The van der Waals surface area contributed by atoms with Crippen LogP contribution in [0.2, 0.25) is 0 Å². The largest absolute Gasteiger partial charge is 0.188 e. The Morgan fingerprint density at radius 3 is 2.50 bits per heavy atom. The van der Waals surface area contributed by atoms with E-state index < -0.39 is 0 Å². The van der Waals surface area contributed by atoms with Crippen LogP contribution >= 0.6 is 0 Å². The first kappa shape index (κ1) is 14.7. The Hall–Kier alpha value is -1.72. The van der Waals surface area contributed by atoms with Crippen molar-refractivity contribution >= 4 is 0 Å². The number of nitrogens with zero attached hydrogens (tertiary/aromatic N) is 6. The molecule has 0 aromatic carbocycles. The third-order valence-corrected chi connectivity index (χ3v) is 3.52. The van der Waals surface area contributed by atoms with Crippen molar-refractivity contribution < 1.29 is 0 Å². The first-order valence-corrected chi connectivity index (χ1v) is 7.31. The molecule has 0 amide bonds. The van der Waals surface area contributed by atoms with Gasteiger partial charge in [0, 0.05) is 13.0 Å². The molecule has 1 unspecified atom stereocenters. The monoisotopic (exact) mass is 276 g/mol. The van der Waals surface area contributed by atoms with Crippen LogP contribution in [-0.4, -0.2) is 30.0 Å². The zero-order chi connectivity index (χ0) is 14.7. The quantitative estimate of drug-likeness (QED) is 0.812. The first-order valence-electron chi connectivity index (χ1n) is 7.31. The summed E-state index contributed by atoms with van der Waals surface area (Å²) >= 11 is 0. The van der Waals surface area contributed by atoms with Crippen LogP contribution in [0.15, 0.2) is 6.20 Å². The van der Waals surface area contributed by atoms with E-state index in [0.29, 0.717) is 11.8 Å². The summed E-state index contributed by atoms with van der Waals surface area (Å²) in [6.45, 7) is 9.36. The standard InChI is InChI=1S/C14H24N6/c1-6-20-15-9-13(17-20)11(4)7-8-12-14(10(2)3)18-19(5)16-12/h9-11H,6-8H2,1-5H3. The van der Waals surface area contributed by atoms with Gasteiger partial charge in [0.1, 0.15) is 0 Å². The highest BCUT2D eigenvalue weighted by molar-refractivity contribution is 5.14. The lowest BCUT2D eigenvalue weighted by molar-refractivity contribution is 0.550. The Morgan fingerprint density at radius 1 is 1.15 bits per heavy atom. The molecule has 2 rings (SSSR count). The average molecular weight is 276 g/mol. The maximum atomic E-state index is 4.48. The molecule has 0 N–H and O–H groups in total. The summed E-state index contributed by atoms with van der Waals surface area (Å²) in [6, 6.07) is 0. The number of hydrogen-bond acceptors (Lipinski definition) is 4. The molecule has 2 heterocycles. The molecule has 0 saturated carbocycles. The molecule has 0 aliphatic heterocycles. The molecule has 0 aliphatic rings. The van der Waals surface area contributed by atoms with Crippen LogP contribution in [-0.2, 0) is 20.0 Å². The number of rotatable bonds is 6. The molecule has 6 heteroatoms. The van der Waals surface area contributed by atoms with Gasteiger partial charge in [-0.25, -0.2) is 0 Å². The first-order chi connectivity index (χ1) is 9.51. The second-order valence-corrected chi connectivity index (χ2v) is 5.57. The SMILES string of the molecule is CCn1ncc(C(C)CCc2nn(C)nc2C(C)C)n1. The van der Waals surface area contributed by atoms with E-state index in [2.05, 4.69) is 41.2 Å². The lowest BCUT2D eigenvalue weighted by atomic mass is 9.98. The fourth-order valence-electron chi connectivity index (χ4n) is 2.28. The van der Waals surface area contributed by atoms with Gasteiger partial charge in [-0.3, -0.25) is 0 Å². The summed E-state index contributed by atoms with van der Waals surface area (Å²) in [5.74, 6) is 0.798. The normalized spacial score (nSPS) is 13.1. The molecule has 0 spiro atoms. The topological polar surface area (TPSA) is 61.4 Å². The Bertz CT molecular complexity index is 554. The molecule has 2 aromatic heterocycles. The summed E-state index contributed by atoms with van der Waals surface area (Å²) in [4.78, 5) is 3.40. The van der Waals surface area contributed by atoms with Crippen LogP contribution in [0.4, 0.5) is 0 Å². The molecule has 2 aromatic rings. The minimum absolute atomic E-state index is 0.386.